The highest BCUT2D eigenvalue weighted by Gasteiger charge is 2.12. The van der Waals surface area contributed by atoms with Crippen LogP contribution in [0.25, 0.3) is 66.6 Å². The minimum atomic E-state index is 0.974. The zero-order chi connectivity index (χ0) is 24.6. The average Bonchev–Trinajstić information content (AvgIpc) is 3.35. The zero-order valence-corrected chi connectivity index (χ0v) is 20.2. The lowest BCUT2D eigenvalue weighted by Gasteiger charge is -2.10. The second kappa shape index (κ2) is 8.92. The Morgan fingerprint density at radius 1 is 0.351 bits per heavy atom. The smallest absolute Gasteiger partial charge is 0.0715 e. The first-order valence-electron chi connectivity index (χ1n) is 12.6. The van der Waals surface area contributed by atoms with Crippen molar-refractivity contribution < 1.29 is 0 Å². The van der Waals surface area contributed by atoms with Crippen LogP contribution in [0.15, 0.2) is 140 Å². The van der Waals surface area contributed by atoms with Crippen LogP contribution < -0.4 is 0 Å². The maximum Gasteiger partial charge on any atom is 0.0715 e. The van der Waals surface area contributed by atoms with Crippen LogP contribution >= 0.6 is 0 Å². The lowest BCUT2D eigenvalue weighted by molar-refractivity contribution is 1.32. The van der Waals surface area contributed by atoms with Crippen molar-refractivity contribution in [3.63, 3.8) is 0 Å². The first kappa shape index (κ1) is 21.3. The fourth-order valence-electron chi connectivity index (χ4n) is 5.10. The number of nitrogens with zero attached hydrogens (tertiary/aromatic N) is 1. The normalized spacial score (nSPS) is 11.2. The second-order valence-corrected chi connectivity index (χ2v) is 9.37. The third kappa shape index (κ3) is 3.99. The van der Waals surface area contributed by atoms with Gasteiger partial charge in [0.1, 0.15) is 0 Å². The maximum absolute atomic E-state index is 5.04. The number of benzene rings is 5. The predicted molar refractivity (Wildman–Crippen MR) is 155 cm³/mol. The predicted octanol–water partition coefficient (Wildman–Crippen LogP) is 9.38. The summed E-state index contributed by atoms with van der Waals surface area (Å²) in [7, 11) is 0. The van der Waals surface area contributed by atoms with Gasteiger partial charge in [0, 0.05) is 32.9 Å². The summed E-state index contributed by atoms with van der Waals surface area (Å²) < 4.78 is 0. The monoisotopic (exact) mass is 472 g/mol. The minimum absolute atomic E-state index is 0.974. The van der Waals surface area contributed by atoms with Crippen LogP contribution in [-0.4, -0.2) is 9.97 Å². The van der Waals surface area contributed by atoms with Crippen LogP contribution in [0.2, 0.25) is 0 Å². The summed E-state index contributed by atoms with van der Waals surface area (Å²) >= 11 is 0. The number of aromatic nitrogens is 2. The van der Waals surface area contributed by atoms with Gasteiger partial charge in [0.2, 0.25) is 0 Å². The number of rotatable bonds is 4. The fraction of sp³-hybridized carbons (Fsp3) is 0. The molecule has 7 aromatic rings. The van der Waals surface area contributed by atoms with E-state index in [1.807, 2.05) is 12.1 Å². The topological polar surface area (TPSA) is 28.7 Å². The first-order chi connectivity index (χ1) is 18.3. The molecular weight excluding hydrogens is 448 g/mol. The molecule has 0 spiro atoms. The summed E-state index contributed by atoms with van der Waals surface area (Å²) in [6.45, 7) is 0. The number of H-pyrrole nitrogens is 1. The van der Waals surface area contributed by atoms with Gasteiger partial charge >= 0.3 is 0 Å². The summed E-state index contributed by atoms with van der Waals surface area (Å²) in [6, 6.07) is 49.2. The molecule has 174 valence electrons. The van der Waals surface area contributed by atoms with Crippen molar-refractivity contribution >= 4 is 21.8 Å². The molecule has 0 amide bonds. The Bertz CT molecular complexity index is 1790. The quantitative estimate of drug-likeness (QED) is 0.271. The lowest BCUT2D eigenvalue weighted by atomic mass is 9.98. The molecule has 0 saturated heterocycles. The van der Waals surface area contributed by atoms with Crippen molar-refractivity contribution in [2.24, 2.45) is 0 Å². The molecule has 2 aromatic heterocycles. The molecule has 7 rings (SSSR count). The standard InChI is InChI=1S/C35H24N2/c1-4-10-24(11-5-1)27-16-18-32-30(20-27)31-21-28(17-19-33(31)36-32)29-22-34(25-12-6-2-7-13-25)37-35(23-29)26-14-8-3-9-15-26/h1-23,36H. The van der Waals surface area contributed by atoms with Crippen molar-refractivity contribution in [2.45, 2.75) is 0 Å². The Labute approximate surface area is 215 Å². The third-order valence-corrected chi connectivity index (χ3v) is 7.00. The zero-order valence-electron chi connectivity index (χ0n) is 20.2. The molecule has 0 bridgehead atoms. The second-order valence-electron chi connectivity index (χ2n) is 9.37. The van der Waals surface area contributed by atoms with E-state index in [9.17, 15) is 0 Å². The van der Waals surface area contributed by atoms with E-state index < -0.39 is 0 Å². The first-order valence-corrected chi connectivity index (χ1v) is 12.6. The van der Waals surface area contributed by atoms with Gasteiger partial charge in [0.05, 0.1) is 11.4 Å². The van der Waals surface area contributed by atoms with Gasteiger partial charge in [0.15, 0.2) is 0 Å². The van der Waals surface area contributed by atoms with Gasteiger partial charge in [0.25, 0.3) is 0 Å². The Hall–Kier alpha value is -4.95. The summed E-state index contributed by atoms with van der Waals surface area (Å²) in [6.07, 6.45) is 0. The molecule has 2 heterocycles. The summed E-state index contributed by atoms with van der Waals surface area (Å²) in [5, 5.41) is 2.46. The highest BCUT2D eigenvalue weighted by molar-refractivity contribution is 6.09. The van der Waals surface area contributed by atoms with E-state index in [-0.39, 0.29) is 0 Å². The van der Waals surface area contributed by atoms with Crippen LogP contribution in [0.4, 0.5) is 0 Å². The SMILES string of the molecule is c1ccc(-c2ccc3[nH]c4ccc(-c5cc(-c6ccccc6)nc(-c6ccccc6)c5)cc4c3c2)cc1. The summed E-state index contributed by atoms with van der Waals surface area (Å²) in [5.41, 5.74) is 11.2. The molecule has 0 fully saturated rings. The van der Waals surface area contributed by atoms with Gasteiger partial charge in [-0.15, -0.1) is 0 Å². The molecule has 2 heteroatoms. The molecule has 0 aliphatic heterocycles. The number of nitrogens with one attached hydrogen (secondary N) is 1. The largest absolute Gasteiger partial charge is 0.355 e. The molecular formula is C35H24N2. The summed E-state index contributed by atoms with van der Waals surface area (Å²) in [4.78, 5) is 8.64. The van der Waals surface area contributed by atoms with Crippen LogP contribution in [0.5, 0.6) is 0 Å². The van der Waals surface area contributed by atoms with E-state index in [4.69, 9.17) is 4.98 Å². The number of aromatic amines is 1. The highest BCUT2D eigenvalue weighted by Crippen LogP contribution is 2.35. The lowest BCUT2D eigenvalue weighted by Crippen LogP contribution is -1.91. The van der Waals surface area contributed by atoms with Gasteiger partial charge in [-0.1, -0.05) is 103 Å². The van der Waals surface area contributed by atoms with Crippen molar-refractivity contribution in [1.82, 2.24) is 9.97 Å². The van der Waals surface area contributed by atoms with Crippen molar-refractivity contribution in [1.29, 1.82) is 0 Å². The number of fused-ring (bicyclic) bond motifs is 3. The van der Waals surface area contributed by atoms with E-state index >= 15 is 0 Å². The van der Waals surface area contributed by atoms with Crippen LogP contribution in [-0.2, 0) is 0 Å². The average molecular weight is 473 g/mol. The molecule has 0 atom stereocenters. The van der Waals surface area contributed by atoms with Crippen LogP contribution in [0.3, 0.4) is 0 Å². The molecule has 2 nitrogen and oxygen atoms in total. The summed E-state index contributed by atoms with van der Waals surface area (Å²) in [5.74, 6) is 0. The van der Waals surface area contributed by atoms with Crippen LogP contribution in [0, 0.1) is 0 Å². The molecule has 0 radical (unpaired) electrons. The molecule has 0 aliphatic rings. The molecule has 0 saturated carbocycles. The molecule has 0 aliphatic carbocycles. The molecule has 1 N–H and O–H groups in total. The maximum atomic E-state index is 5.04. The van der Waals surface area contributed by atoms with Gasteiger partial charge in [-0.05, 0) is 58.7 Å². The van der Waals surface area contributed by atoms with Gasteiger partial charge in [-0.2, -0.15) is 0 Å². The molecule has 0 unspecified atom stereocenters. The molecule has 37 heavy (non-hydrogen) atoms. The van der Waals surface area contributed by atoms with Crippen molar-refractivity contribution in [3.05, 3.63) is 140 Å². The Balaban J connectivity index is 1.41. The highest BCUT2D eigenvalue weighted by atomic mass is 14.7. The Kier molecular flexibility index (Phi) is 5.15. The van der Waals surface area contributed by atoms with E-state index in [2.05, 4.69) is 132 Å². The molecule has 5 aromatic carbocycles. The van der Waals surface area contributed by atoms with E-state index in [1.165, 1.54) is 27.5 Å². The minimum Gasteiger partial charge on any atom is -0.355 e. The third-order valence-electron chi connectivity index (χ3n) is 7.00. The van der Waals surface area contributed by atoms with E-state index in [0.717, 1.165) is 39.1 Å². The van der Waals surface area contributed by atoms with E-state index in [0.29, 0.717) is 0 Å². The number of pyridine rings is 1. The van der Waals surface area contributed by atoms with Gasteiger partial charge in [-0.3, -0.25) is 0 Å². The van der Waals surface area contributed by atoms with E-state index in [1.54, 1.807) is 0 Å². The van der Waals surface area contributed by atoms with Crippen molar-refractivity contribution in [2.75, 3.05) is 0 Å². The Morgan fingerprint density at radius 2 is 0.784 bits per heavy atom. The van der Waals surface area contributed by atoms with Crippen LogP contribution in [0.1, 0.15) is 0 Å². The van der Waals surface area contributed by atoms with Gasteiger partial charge in [-0.25, -0.2) is 4.98 Å². The van der Waals surface area contributed by atoms with Gasteiger partial charge < -0.3 is 4.98 Å². The fourth-order valence-corrected chi connectivity index (χ4v) is 5.10. The Morgan fingerprint density at radius 3 is 1.27 bits per heavy atom. The number of hydrogen-bond donors (Lipinski definition) is 1. The van der Waals surface area contributed by atoms with Crippen molar-refractivity contribution in [3.8, 4) is 44.8 Å². The number of hydrogen-bond acceptors (Lipinski definition) is 1.